The molecule has 0 aromatic rings. The van der Waals surface area contributed by atoms with Crippen LogP contribution in [-0.2, 0) is 24.2 Å². The third-order valence-electron chi connectivity index (χ3n) is 3.28. The number of amides is 1. The maximum Gasteiger partial charge on any atom is 0.326 e. The molecule has 1 heterocycles. The number of nitrogens with one attached hydrogen (secondary N) is 1. The van der Waals surface area contributed by atoms with Gasteiger partial charge in [0.25, 0.3) is 0 Å². The van der Waals surface area contributed by atoms with Crippen LogP contribution in [-0.4, -0.2) is 56.7 Å². The number of carbonyl (C=O) groups is 2. The molecule has 0 spiro atoms. The van der Waals surface area contributed by atoms with Crippen LogP contribution >= 0.6 is 0 Å². The number of methoxy groups -OCH3 is 1. The molecular weight excluding hydrogens is 286 g/mol. The molecular formula is C12H21NO6S. The van der Waals surface area contributed by atoms with Crippen molar-refractivity contribution >= 4 is 21.7 Å². The van der Waals surface area contributed by atoms with Crippen molar-refractivity contribution in [2.45, 2.75) is 31.7 Å². The van der Waals surface area contributed by atoms with Gasteiger partial charge in [-0.15, -0.1) is 0 Å². The predicted molar refractivity (Wildman–Crippen MR) is 72.1 cm³/mol. The highest BCUT2D eigenvalue weighted by Gasteiger charge is 2.30. The molecule has 1 aliphatic heterocycles. The standard InChI is InChI=1S/C12H21NO6S/c1-19-5-2-3-10(12(15)16)13-11(14)7-9-4-6-20(17,18)8-9/h9-10H,2-8H2,1H3,(H,13,14)(H,15,16). The molecule has 2 unspecified atom stereocenters. The number of carboxylic acids is 1. The van der Waals surface area contributed by atoms with Gasteiger partial charge >= 0.3 is 5.97 Å². The van der Waals surface area contributed by atoms with Gasteiger partial charge in [-0.1, -0.05) is 0 Å². The van der Waals surface area contributed by atoms with E-state index in [0.29, 0.717) is 19.4 Å². The second-order valence-corrected chi connectivity index (χ2v) is 7.30. The van der Waals surface area contributed by atoms with E-state index in [1.54, 1.807) is 0 Å². The van der Waals surface area contributed by atoms with E-state index in [1.807, 2.05) is 0 Å². The van der Waals surface area contributed by atoms with Crippen molar-refractivity contribution in [1.82, 2.24) is 5.32 Å². The summed E-state index contributed by atoms with van der Waals surface area (Å²) in [5, 5.41) is 11.5. The van der Waals surface area contributed by atoms with Crippen LogP contribution < -0.4 is 5.32 Å². The summed E-state index contributed by atoms with van der Waals surface area (Å²) in [6, 6.07) is -0.948. The lowest BCUT2D eigenvalue weighted by molar-refractivity contribution is -0.142. The number of carboxylic acid groups (broad SMARTS) is 1. The summed E-state index contributed by atoms with van der Waals surface area (Å²) in [6.45, 7) is 0.431. The maximum absolute atomic E-state index is 11.8. The first kappa shape index (κ1) is 16.9. The zero-order valence-corrected chi connectivity index (χ0v) is 12.3. The average Bonchev–Trinajstić information content (AvgIpc) is 2.67. The first-order chi connectivity index (χ1) is 9.34. The summed E-state index contributed by atoms with van der Waals surface area (Å²) in [5.74, 6) is -1.57. The molecule has 116 valence electrons. The highest BCUT2D eigenvalue weighted by Crippen LogP contribution is 2.21. The molecule has 0 saturated carbocycles. The Morgan fingerprint density at radius 3 is 2.65 bits per heavy atom. The number of hydrogen-bond acceptors (Lipinski definition) is 5. The Morgan fingerprint density at radius 2 is 2.15 bits per heavy atom. The third-order valence-corrected chi connectivity index (χ3v) is 5.11. The monoisotopic (exact) mass is 307 g/mol. The van der Waals surface area contributed by atoms with Crippen LogP contribution in [0.1, 0.15) is 25.7 Å². The van der Waals surface area contributed by atoms with Gasteiger partial charge in [-0.3, -0.25) is 4.79 Å². The van der Waals surface area contributed by atoms with Gasteiger partial charge in [0.05, 0.1) is 11.5 Å². The fourth-order valence-electron chi connectivity index (χ4n) is 2.24. The molecule has 8 heteroatoms. The van der Waals surface area contributed by atoms with Gasteiger partial charge in [-0.05, 0) is 25.2 Å². The summed E-state index contributed by atoms with van der Waals surface area (Å²) in [7, 11) is -1.49. The van der Waals surface area contributed by atoms with Gasteiger partial charge < -0.3 is 15.2 Å². The molecule has 2 atom stereocenters. The van der Waals surface area contributed by atoms with Crippen LogP contribution in [0.5, 0.6) is 0 Å². The van der Waals surface area contributed by atoms with Crippen molar-refractivity contribution in [3.8, 4) is 0 Å². The van der Waals surface area contributed by atoms with Crippen LogP contribution in [0.4, 0.5) is 0 Å². The minimum atomic E-state index is -3.02. The number of ether oxygens (including phenoxy) is 1. The smallest absolute Gasteiger partial charge is 0.326 e. The van der Waals surface area contributed by atoms with Crippen LogP contribution in [0.25, 0.3) is 0 Å². The minimum absolute atomic E-state index is 0.0157. The van der Waals surface area contributed by atoms with Crippen molar-refractivity contribution in [2.75, 3.05) is 25.2 Å². The minimum Gasteiger partial charge on any atom is -0.480 e. The SMILES string of the molecule is COCCCC(NC(=O)CC1CCS(=O)(=O)C1)C(=O)O. The Bertz CT molecular complexity index is 447. The van der Waals surface area contributed by atoms with E-state index in [1.165, 1.54) is 7.11 Å². The zero-order valence-electron chi connectivity index (χ0n) is 11.5. The van der Waals surface area contributed by atoms with E-state index >= 15 is 0 Å². The number of carbonyl (C=O) groups excluding carboxylic acids is 1. The van der Waals surface area contributed by atoms with Crippen LogP contribution in [0, 0.1) is 5.92 Å². The van der Waals surface area contributed by atoms with Crippen molar-refractivity contribution in [3.05, 3.63) is 0 Å². The molecule has 0 aliphatic carbocycles. The van der Waals surface area contributed by atoms with Gasteiger partial charge in [-0.2, -0.15) is 0 Å². The predicted octanol–water partition coefficient (Wildman–Crippen LogP) is -0.193. The second kappa shape index (κ2) is 7.58. The van der Waals surface area contributed by atoms with Crippen LogP contribution in [0.15, 0.2) is 0 Å². The van der Waals surface area contributed by atoms with Crippen LogP contribution in [0.3, 0.4) is 0 Å². The molecule has 1 saturated heterocycles. The average molecular weight is 307 g/mol. The first-order valence-corrected chi connectivity index (χ1v) is 8.37. The summed E-state index contributed by atoms with van der Waals surface area (Å²) in [4.78, 5) is 22.8. The molecule has 1 aliphatic rings. The van der Waals surface area contributed by atoms with Crippen molar-refractivity contribution in [3.63, 3.8) is 0 Å². The van der Waals surface area contributed by atoms with Crippen LogP contribution in [0.2, 0.25) is 0 Å². The molecule has 1 rings (SSSR count). The molecule has 1 fully saturated rings. The number of rotatable bonds is 8. The third kappa shape index (κ3) is 5.87. The van der Waals surface area contributed by atoms with E-state index < -0.39 is 27.8 Å². The van der Waals surface area contributed by atoms with Crippen molar-refractivity contribution < 1.29 is 27.9 Å². The van der Waals surface area contributed by atoms with Gasteiger partial charge in [0.2, 0.25) is 5.91 Å². The van der Waals surface area contributed by atoms with E-state index in [9.17, 15) is 18.0 Å². The lowest BCUT2D eigenvalue weighted by Gasteiger charge is -2.15. The van der Waals surface area contributed by atoms with E-state index in [2.05, 4.69) is 5.32 Å². The molecule has 0 aromatic carbocycles. The summed E-state index contributed by atoms with van der Waals surface area (Å²) in [6.07, 6.45) is 1.36. The molecule has 1 amide bonds. The van der Waals surface area contributed by atoms with E-state index in [0.717, 1.165) is 0 Å². The maximum atomic E-state index is 11.8. The quantitative estimate of drug-likeness (QED) is 0.601. The Morgan fingerprint density at radius 1 is 1.45 bits per heavy atom. The number of sulfone groups is 1. The summed E-state index contributed by atoms with van der Waals surface area (Å²) >= 11 is 0. The normalized spacial score (nSPS) is 22.4. The van der Waals surface area contributed by atoms with Gasteiger partial charge in [0.15, 0.2) is 9.84 Å². The van der Waals surface area contributed by atoms with Crippen molar-refractivity contribution in [1.29, 1.82) is 0 Å². The highest BCUT2D eigenvalue weighted by molar-refractivity contribution is 7.91. The Labute approximate surface area is 118 Å². The number of hydrogen-bond donors (Lipinski definition) is 2. The van der Waals surface area contributed by atoms with E-state index in [4.69, 9.17) is 9.84 Å². The molecule has 20 heavy (non-hydrogen) atoms. The molecule has 0 aromatic heterocycles. The lowest BCUT2D eigenvalue weighted by atomic mass is 10.0. The molecule has 0 bridgehead atoms. The Balaban J connectivity index is 2.40. The highest BCUT2D eigenvalue weighted by atomic mass is 32.2. The van der Waals surface area contributed by atoms with Gasteiger partial charge in [0.1, 0.15) is 6.04 Å². The second-order valence-electron chi connectivity index (χ2n) is 5.07. The molecule has 2 N–H and O–H groups in total. The van der Waals surface area contributed by atoms with E-state index in [-0.39, 0.29) is 30.3 Å². The van der Waals surface area contributed by atoms with Gasteiger partial charge in [0, 0.05) is 20.1 Å². The molecule has 0 radical (unpaired) electrons. The molecule has 7 nitrogen and oxygen atoms in total. The van der Waals surface area contributed by atoms with Crippen molar-refractivity contribution in [2.24, 2.45) is 5.92 Å². The fraction of sp³-hybridized carbons (Fsp3) is 0.833. The largest absolute Gasteiger partial charge is 0.480 e. The number of aliphatic carboxylic acids is 1. The zero-order chi connectivity index (χ0) is 15.2. The lowest BCUT2D eigenvalue weighted by Crippen LogP contribution is -2.41. The Kier molecular flexibility index (Phi) is 6.41. The summed E-state index contributed by atoms with van der Waals surface area (Å²) in [5.41, 5.74) is 0. The van der Waals surface area contributed by atoms with Gasteiger partial charge in [-0.25, -0.2) is 13.2 Å². The fourth-order valence-corrected chi connectivity index (χ4v) is 4.10. The topological polar surface area (TPSA) is 110 Å². The first-order valence-electron chi connectivity index (χ1n) is 6.55. The Hall–Kier alpha value is -1.15. The summed E-state index contributed by atoms with van der Waals surface area (Å²) < 4.78 is 27.4.